The van der Waals surface area contributed by atoms with Crippen LogP contribution in [-0.2, 0) is 9.59 Å². The molecule has 0 spiro atoms. The Morgan fingerprint density at radius 3 is 2.73 bits per heavy atom. The van der Waals surface area contributed by atoms with Crippen molar-refractivity contribution in [3.8, 4) is 5.75 Å². The van der Waals surface area contributed by atoms with Crippen molar-refractivity contribution in [1.82, 2.24) is 4.98 Å². The summed E-state index contributed by atoms with van der Waals surface area (Å²) in [7, 11) is 0. The highest BCUT2D eigenvalue weighted by Crippen LogP contribution is 2.42. The van der Waals surface area contributed by atoms with Gasteiger partial charge in [0.1, 0.15) is 11.6 Å². The van der Waals surface area contributed by atoms with E-state index in [2.05, 4.69) is 10.3 Å². The van der Waals surface area contributed by atoms with Gasteiger partial charge < -0.3 is 20.1 Å². The average Bonchev–Trinajstić information content (AvgIpc) is 2.83. The molecule has 1 atom stereocenters. The van der Waals surface area contributed by atoms with E-state index in [0.29, 0.717) is 18.8 Å². The minimum atomic E-state index is -0.846. The third kappa shape index (κ3) is 6.04. The summed E-state index contributed by atoms with van der Waals surface area (Å²) in [6, 6.07) is 21.0. The van der Waals surface area contributed by atoms with Gasteiger partial charge in [0.2, 0.25) is 0 Å². The van der Waals surface area contributed by atoms with E-state index in [1.165, 1.54) is 11.8 Å². The highest BCUT2D eigenvalue weighted by molar-refractivity contribution is 7.99. The summed E-state index contributed by atoms with van der Waals surface area (Å²) in [5.41, 5.74) is 1.70. The Labute approximate surface area is 196 Å². The van der Waals surface area contributed by atoms with E-state index in [1.54, 1.807) is 11.1 Å². The molecule has 1 unspecified atom stereocenters. The summed E-state index contributed by atoms with van der Waals surface area (Å²) in [6.07, 6.45) is 2.51. The van der Waals surface area contributed by atoms with Gasteiger partial charge >= 0.3 is 5.97 Å². The highest BCUT2D eigenvalue weighted by atomic mass is 32.2. The van der Waals surface area contributed by atoms with Gasteiger partial charge in [-0.1, -0.05) is 36.4 Å². The molecule has 2 N–H and O–H groups in total. The number of aliphatic carboxylic acids is 1. The maximum atomic E-state index is 12.5. The number of carboxylic acids is 1. The Morgan fingerprint density at radius 1 is 1.15 bits per heavy atom. The summed E-state index contributed by atoms with van der Waals surface area (Å²) in [6.45, 7) is 1.25. The predicted octanol–water partition coefficient (Wildman–Crippen LogP) is 4.62. The lowest BCUT2D eigenvalue weighted by atomic mass is 10.1. The number of aromatic nitrogens is 1. The monoisotopic (exact) mass is 463 g/mol. The fourth-order valence-electron chi connectivity index (χ4n) is 3.64. The number of carboxylic acid groups (broad SMARTS) is 1. The van der Waals surface area contributed by atoms with Crippen molar-refractivity contribution in [3.63, 3.8) is 0 Å². The molecule has 3 aromatic rings. The minimum Gasteiger partial charge on any atom is -0.482 e. The van der Waals surface area contributed by atoms with E-state index in [4.69, 9.17) is 4.74 Å². The molecule has 0 bridgehead atoms. The van der Waals surface area contributed by atoms with Crippen LogP contribution in [0, 0.1) is 0 Å². The number of thioether (sulfide) groups is 1. The number of hydrogen-bond donors (Lipinski definition) is 2. The molecule has 1 amide bonds. The summed E-state index contributed by atoms with van der Waals surface area (Å²) in [4.78, 5) is 30.8. The van der Waals surface area contributed by atoms with Crippen molar-refractivity contribution in [1.29, 1.82) is 0 Å². The van der Waals surface area contributed by atoms with Crippen LogP contribution in [0.15, 0.2) is 77.8 Å². The smallest absolute Gasteiger partial charge is 0.304 e. The number of nitrogens with zero attached hydrogens (tertiary/aromatic N) is 2. The number of ether oxygens (including phenoxy) is 1. The molecular formula is C25H25N3O4S. The van der Waals surface area contributed by atoms with E-state index >= 15 is 0 Å². The van der Waals surface area contributed by atoms with Gasteiger partial charge in [0.05, 0.1) is 12.1 Å². The molecule has 1 aliphatic heterocycles. The highest BCUT2D eigenvalue weighted by Gasteiger charge is 2.26. The number of anilines is 2. The number of pyridine rings is 1. The Morgan fingerprint density at radius 2 is 1.97 bits per heavy atom. The molecule has 170 valence electrons. The molecule has 8 heteroatoms. The average molecular weight is 464 g/mol. The summed E-state index contributed by atoms with van der Waals surface area (Å²) in [5, 5.41) is 12.4. The molecule has 0 fully saturated rings. The molecule has 0 aliphatic carbocycles. The third-order valence-corrected chi connectivity index (χ3v) is 6.46. The first-order valence-corrected chi connectivity index (χ1v) is 11.6. The van der Waals surface area contributed by atoms with Crippen LogP contribution in [0.25, 0.3) is 0 Å². The first kappa shape index (κ1) is 22.7. The Hall–Kier alpha value is -3.52. The van der Waals surface area contributed by atoms with Gasteiger partial charge in [0.15, 0.2) is 6.61 Å². The van der Waals surface area contributed by atoms with Crippen LogP contribution in [0.3, 0.4) is 0 Å². The molecule has 0 saturated carbocycles. The SMILES string of the molecule is O=C(O)CC(Sc1ccc2c(c1)OCC(=O)N2CCCNc1ccccn1)c1ccccc1. The normalized spacial score (nSPS) is 13.7. The quantitative estimate of drug-likeness (QED) is 0.335. The maximum absolute atomic E-state index is 12.5. The first-order valence-electron chi connectivity index (χ1n) is 10.8. The van der Waals surface area contributed by atoms with Crippen molar-refractivity contribution >= 4 is 35.1 Å². The number of amides is 1. The molecule has 2 heterocycles. The lowest BCUT2D eigenvalue weighted by Gasteiger charge is -2.30. The number of hydrogen-bond acceptors (Lipinski definition) is 6. The topological polar surface area (TPSA) is 91.8 Å². The Bertz CT molecular complexity index is 1100. The number of fused-ring (bicyclic) bond motifs is 1. The number of nitrogens with one attached hydrogen (secondary N) is 1. The minimum absolute atomic E-state index is 0.00791. The van der Waals surface area contributed by atoms with Crippen LogP contribution >= 0.6 is 11.8 Å². The van der Waals surface area contributed by atoms with Crippen LogP contribution < -0.4 is 15.0 Å². The summed E-state index contributed by atoms with van der Waals surface area (Å²) in [5.74, 6) is 0.525. The zero-order valence-electron chi connectivity index (χ0n) is 18.0. The van der Waals surface area contributed by atoms with Crippen molar-refractivity contribution < 1.29 is 19.4 Å². The summed E-state index contributed by atoms with van der Waals surface area (Å²) >= 11 is 1.48. The van der Waals surface area contributed by atoms with Crippen molar-refractivity contribution in [3.05, 3.63) is 78.5 Å². The van der Waals surface area contributed by atoms with Crippen molar-refractivity contribution in [2.24, 2.45) is 0 Å². The molecular weight excluding hydrogens is 438 g/mol. The van der Waals surface area contributed by atoms with Crippen LogP contribution in [0.4, 0.5) is 11.5 Å². The zero-order chi connectivity index (χ0) is 23.0. The van der Waals surface area contributed by atoms with E-state index in [0.717, 1.165) is 28.4 Å². The standard InChI is InChI=1S/C25H25N3O4S/c29-24-17-32-21-15-19(33-22(16-25(30)31)18-7-2-1-3-8-18)10-11-20(21)28(24)14-6-13-27-23-9-4-5-12-26-23/h1-5,7-12,15,22H,6,13-14,16-17H2,(H,26,27)(H,30,31). The lowest BCUT2D eigenvalue weighted by molar-refractivity contribution is -0.137. The summed E-state index contributed by atoms with van der Waals surface area (Å²) < 4.78 is 5.70. The number of carbonyl (C=O) groups is 2. The van der Waals surface area contributed by atoms with Gasteiger partial charge in [-0.05, 0) is 42.3 Å². The van der Waals surface area contributed by atoms with Crippen LogP contribution in [-0.4, -0.2) is 41.7 Å². The number of carbonyl (C=O) groups excluding carboxylic acids is 1. The molecule has 7 nitrogen and oxygen atoms in total. The van der Waals surface area contributed by atoms with Gasteiger partial charge in [-0.2, -0.15) is 0 Å². The molecule has 0 saturated heterocycles. The van der Waals surface area contributed by atoms with Crippen LogP contribution in [0.1, 0.15) is 23.7 Å². The third-order valence-electron chi connectivity index (χ3n) is 5.21. The fraction of sp³-hybridized carbons (Fsp3) is 0.240. The van der Waals surface area contributed by atoms with Gasteiger partial charge in [-0.3, -0.25) is 9.59 Å². The number of rotatable bonds is 10. The lowest BCUT2D eigenvalue weighted by Crippen LogP contribution is -2.39. The second-order valence-electron chi connectivity index (χ2n) is 7.57. The second-order valence-corrected chi connectivity index (χ2v) is 8.85. The molecule has 1 aromatic heterocycles. The van der Waals surface area contributed by atoms with Crippen molar-refractivity contribution in [2.75, 3.05) is 29.9 Å². The molecule has 1 aliphatic rings. The molecule has 2 aromatic carbocycles. The second kappa shape index (κ2) is 10.9. The van der Waals surface area contributed by atoms with Gasteiger partial charge in [-0.25, -0.2) is 4.98 Å². The zero-order valence-corrected chi connectivity index (χ0v) is 18.8. The largest absolute Gasteiger partial charge is 0.482 e. The first-order chi connectivity index (χ1) is 16.1. The molecule has 33 heavy (non-hydrogen) atoms. The van der Waals surface area contributed by atoms with Crippen LogP contribution in [0.2, 0.25) is 0 Å². The number of benzene rings is 2. The van der Waals surface area contributed by atoms with E-state index in [1.807, 2.05) is 66.7 Å². The van der Waals surface area contributed by atoms with E-state index in [9.17, 15) is 14.7 Å². The van der Waals surface area contributed by atoms with Crippen LogP contribution in [0.5, 0.6) is 5.75 Å². The van der Waals surface area contributed by atoms with Gasteiger partial charge in [0.25, 0.3) is 5.91 Å². The van der Waals surface area contributed by atoms with E-state index in [-0.39, 0.29) is 24.2 Å². The maximum Gasteiger partial charge on any atom is 0.304 e. The Kier molecular flexibility index (Phi) is 7.47. The predicted molar refractivity (Wildman–Crippen MR) is 129 cm³/mol. The Balaban J connectivity index is 1.43. The molecule has 4 rings (SSSR count). The fourth-order valence-corrected chi connectivity index (χ4v) is 4.81. The molecule has 0 radical (unpaired) electrons. The van der Waals surface area contributed by atoms with Gasteiger partial charge in [-0.15, -0.1) is 11.8 Å². The van der Waals surface area contributed by atoms with Crippen molar-refractivity contribution in [2.45, 2.75) is 23.0 Å². The van der Waals surface area contributed by atoms with E-state index < -0.39 is 5.97 Å². The van der Waals surface area contributed by atoms with Gasteiger partial charge in [0, 0.05) is 29.4 Å².